The number of rotatable bonds is 9. The van der Waals surface area contributed by atoms with Crippen LogP contribution in [0.15, 0.2) is 78.9 Å². The van der Waals surface area contributed by atoms with Crippen LogP contribution in [0.1, 0.15) is 22.6 Å². The van der Waals surface area contributed by atoms with E-state index in [4.69, 9.17) is 14.3 Å². The summed E-state index contributed by atoms with van der Waals surface area (Å²) in [4.78, 5) is 18.0. The van der Waals surface area contributed by atoms with Crippen LogP contribution in [0.2, 0.25) is 0 Å². The van der Waals surface area contributed by atoms with Crippen molar-refractivity contribution in [2.75, 3.05) is 14.2 Å². The molecular formula is C24H25NO5. The van der Waals surface area contributed by atoms with Crippen LogP contribution in [-0.4, -0.2) is 31.3 Å². The number of aliphatic hydroxyl groups is 1. The van der Waals surface area contributed by atoms with Crippen molar-refractivity contribution in [2.45, 2.75) is 18.6 Å². The lowest BCUT2D eigenvalue weighted by Gasteiger charge is -2.23. The van der Waals surface area contributed by atoms with E-state index >= 15 is 0 Å². The van der Waals surface area contributed by atoms with Crippen molar-refractivity contribution < 1.29 is 24.2 Å². The number of hydrogen-bond donors (Lipinski definition) is 2. The van der Waals surface area contributed by atoms with Gasteiger partial charge < -0.3 is 14.6 Å². The lowest BCUT2D eigenvalue weighted by atomic mass is 9.86. The highest BCUT2D eigenvalue weighted by atomic mass is 16.7. The van der Waals surface area contributed by atoms with Crippen LogP contribution in [0.3, 0.4) is 0 Å². The summed E-state index contributed by atoms with van der Waals surface area (Å²) in [7, 11) is 3.11. The second kappa shape index (κ2) is 10.4. The van der Waals surface area contributed by atoms with Gasteiger partial charge in [-0.05, 0) is 28.8 Å². The Morgan fingerprint density at radius 2 is 1.43 bits per heavy atom. The van der Waals surface area contributed by atoms with Crippen molar-refractivity contribution in [1.82, 2.24) is 5.48 Å². The quantitative estimate of drug-likeness (QED) is 0.532. The lowest BCUT2D eigenvalue weighted by molar-refractivity contribution is -0.144. The molecule has 0 aliphatic rings. The van der Waals surface area contributed by atoms with Crippen LogP contribution in [0.25, 0.3) is 0 Å². The average molecular weight is 407 g/mol. The van der Waals surface area contributed by atoms with Crippen LogP contribution in [0.5, 0.6) is 11.5 Å². The molecule has 1 atom stereocenters. The van der Waals surface area contributed by atoms with Crippen molar-refractivity contribution >= 4 is 5.91 Å². The number of hydroxylamine groups is 1. The smallest absolute Gasteiger partial charge is 0.273 e. The molecule has 0 fully saturated rings. The molecule has 6 heteroatoms. The lowest BCUT2D eigenvalue weighted by Crippen LogP contribution is -2.38. The zero-order valence-electron chi connectivity index (χ0n) is 16.9. The Morgan fingerprint density at radius 1 is 0.867 bits per heavy atom. The normalized spacial score (nSPS) is 11.7. The maximum atomic E-state index is 12.6. The summed E-state index contributed by atoms with van der Waals surface area (Å²) in [6.45, 7) is 0.111. The zero-order chi connectivity index (χ0) is 21.3. The maximum Gasteiger partial charge on any atom is 0.273 e. The highest BCUT2D eigenvalue weighted by Gasteiger charge is 2.29. The van der Waals surface area contributed by atoms with Gasteiger partial charge in [-0.1, -0.05) is 66.7 Å². The molecule has 0 aliphatic heterocycles. The topological polar surface area (TPSA) is 77.0 Å². The van der Waals surface area contributed by atoms with Crippen LogP contribution in [0.4, 0.5) is 0 Å². The van der Waals surface area contributed by atoms with Gasteiger partial charge in [0.1, 0.15) is 6.10 Å². The molecule has 3 aromatic carbocycles. The molecule has 0 aromatic heterocycles. The SMILES string of the molecule is COc1ccc(CONC(=O)C(O)C(c2ccccc2)c2ccccc2)cc1OC. The first-order valence-electron chi connectivity index (χ1n) is 9.54. The predicted molar refractivity (Wildman–Crippen MR) is 113 cm³/mol. The predicted octanol–water partition coefficient (Wildman–Crippen LogP) is 3.44. The summed E-state index contributed by atoms with van der Waals surface area (Å²) in [5, 5.41) is 10.8. The Bertz CT molecular complexity index is 907. The summed E-state index contributed by atoms with van der Waals surface area (Å²) in [5.74, 6) is 0.0396. The van der Waals surface area contributed by atoms with E-state index < -0.39 is 17.9 Å². The molecule has 1 amide bonds. The third kappa shape index (κ3) is 5.17. The van der Waals surface area contributed by atoms with E-state index in [1.165, 1.54) is 0 Å². The minimum Gasteiger partial charge on any atom is -0.493 e. The van der Waals surface area contributed by atoms with Crippen LogP contribution in [0, 0.1) is 0 Å². The number of carbonyl (C=O) groups excluding carboxylic acids is 1. The average Bonchev–Trinajstić information content (AvgIpc) is 2.80. The Hall–Kier alpha value is -3.35. The van der Waals surface area contributed by atoms with Crippen LogP contribution >= 0.6 is 0 Å². The fraction of sp³-hybridized carbons (Fsp3) is 0.208. The van der Waals surface area contributed by atoms with Crippen molar-refractivity contribution in [2.24, 2.45) is 0 Å². The molecule has 0 radical (unpaired) electrons. The van der Waals surface area contributed by atoms with E-state index in [2.05, 4.69) is 5.48 Å². The number of ether oxygens (including phenoxy) is 2. The van der Waals surface area contributed by atoms with Gasteiger partial charge in [-0.25, -0.2) is 5.48 Å². The largest absolute Gasteiger partial charge is 0.493 e. The van der Waals surface area contributed by atoms with Gasteiger partial charge in [0.25, 0.3) is 5.91 Å². The zero-order valence-corrected chi connectivity index (χ0v) is 16.9. The van der Waals surface area contributed by atoms with E-state index in [9.17, 15) is 9.90 Å². The number of nitrogens with one attached hydrogen (secondary N) is 1. The highest BCUT2D eigenvalue weighted by Crippen LogP contribution is 2.29. The molecule has 3 rings (SSSR count). The van der Waals surface area contributed by atoms with Gasteiger partial charge in [0.15, 0.2) is 11.5 Å². The molecule has 2 N–H and O–H groups in total. The van der Waals surface area contributed by atoms with Crippen molar-refractivity contribution in [1.29, 1.82) is 0 Å². The molecule has 3 aromatic rings. The van der Waals surface area contributed by atoms with E-state index in [1.54, 1.807) is 32.4 Å². The van der Waals surface area contributed by atoms with E-state index in [1.807, 2.05) is 60.7 Å². The molecule has 1 unspecified atom stereocenters. The Balaban J connectivity index is 1.67. The van der Waals surface area contributed by atoms with Gasteiger partial charge in [-0.15, -0.1) is 0 Å². The van der Waals surface area contributed by atoms with E-state index in [0.717, 1.165) is 16.7 Å². The first-order valence-corrected chi connectivity index (χ1v) is 9.54. The summed E-state index contributed by atoms with van der Waals surface area (Å²) in [6.07, 6.45) is -1.32. The van der Waals surface area contributed by atoms with Crippen molar-refractivity contribution in [3.05, 3.63) is 95.6 Å². The Morgan fingerprint density at radius 3 is 1.97 bits per heavy atom. The maximum absolute atomic E-state index is 12.6. The molecule has 0 bridgehead atoms. The van der Waals surface area contributed by atoms with Crippen LogP contribution < -0.4 is 15.0 Å². The molecule has 0 saturated carbocycles. The Kier molecular flexibility index (Phi) is 7.43. The summed E-state index contributed by atoms with van der Waals surface area (Å²) in [6, 6.07) is 24.2. The molecule has 0 heterocycles. The van der Waals surface area contributed by atoms with Crippen molar-refractivity contribution in [3.63, 3.8) is 0 Å². The van der Waals surface area contributed by atoms with Crippen LogP contribution in [-0.2, 0) is 16.2 Å². The summed E-state index contributed by atoms with van der Waals surface area (Å²) >= 11 is 0. The third-order valence-corrected chi connectivity index (χ3v) is 4.76. The van der Waals surface area contributed by atoms with Gasteiger partial charge >= 0.3 is 0 Å². The second-order valence-corrected chi connectivity index (χ2v) is 6.69. The number of hydrogen-bond acceptors (Lipinski definition) is 5. The molecule has 156 valence electrons. The standard InChI is InChI=1S/C24H25NO5/c1-28-20-14-13-17(15-21(20)29-2)16-30-25-24(27)23(26)22(18-9-5-3-6-10-18)19-11-7-4-8-12-19/h3-15,22-23,26H,16H2,1-2H3,(H,25,27). The van der Waals surface area contributed by atoms with Crippen molar-refractivity contribution in [3.8, 4) is 11.5 Å². The minimum atomic E-state index is -1.32. The number of benzene rings is 3. The van der Waals surface area contributed by atoms with Gasteiger partial charge in [0.2, 0.25) is 0 Å². The highest BCUT2D eigenvalue weighted by molar-refractivity contribution is 5.81. The van der Waals surface area contributed by atoms with Gasteiger partial charge in [-0.3, -0.25) is 9.63 Å². The monoisotopic (exact) mass is 407 g/mol. The first-order chi connectivity index (χ1) is 14.6. The fourth-order valence-corrected chi connectivity index (χ4v) is 3.25. The molecule has 30 heavy (non-hydrogen) atoms. The second-order valence-electron chi connectivity index (χ2n) is 6.69. The minimum absolute atomic E-state index is 0.111. The van der Waals surface area contributed by atoms with E-state index in [0.29, 0.717) is 11.5 Å². The summed E-state index contributed by atoms with van der Waals surface area (Å²) in [5.41, 5.74) is 4.82. The first kappa shape index (κ1) is 21.4. The number of methoxy groups -OCH3 is 2. The fourth-order valence-electron chi connectivity index (χ4n) is 3.25. The molecular weight excluding hydrogens is 382 g/mol. The Labute approximate surface area is 176 Å². The van der Waals surface area contributed by atoms with Gasteiger partial charge in [0, 0.05) is 5.92 Å². The molecule has 0 spiro atoms. The number of carbonyl (C=O) groups is 1. The number of amides is 1. The van der Waals surface area contributed by atoms with E-state index in [-0.39, 0.29) is 6.61 Å². The molecule has 0 saturated heterocycles. The summed E-state index contributed by atoms with van der Waals surface area (Å²) < 4.78 is 10.5. The number of aliphatic hydroxyl groups excluding tert-OH is 1. The van der Waals surface area contributed by atoms with Gasteiger partial charge in [-0.2, -0.15) is 0 Å². The molecule has 0 aliphatic carbocycles. The molecule has 6 nitrogen and oxygen atoms in total. The van der Waals surface area contributed by atoms with Gasteiger partial charge in [0.05, 0.1) is 20.8 Å². The third-order valence-electron chi connectivity index (χ3n) is 4.76.